The second-order valence-electron chi connectivity index (χ2n) is 0.0816. The molecule has 0 heterocycles. The Morgan fingerprint density at radius 3 is 1.75 bits per heavy atom. The van der Waals surface area contributed by atoms with Crippen LogP contribution in [0.25, 0.3) is 0 Å². The minimum atomic E-state index is -0.833. The predicted molar refractivity (Wildman–Crippen MR) is 9.83 cm³/mol. The Morgan fingerprint density at radius 2 is 1.75 bits per heavy atom. The van der Waals surface area contributed by atoms with Gasteiger partial charge in [0.25, 0.3) is 0 Å². The summed E-state index contributed by atoms with van der Waals surface area (Å²) in [6.45, 7) is 0. The first-order valence-electron chi connectivity index (χ1n) is 0.383. The van der Waals surface area contributed by atoms with Crippen molar-refractivity contribution in [2.75, 3.05) is 0 Å². The first-order chi connectivity index (χ1) is 1.41. The molecule has 0 aromatic carbocycles. The second-order valence-corrected chi connectivity index (χ2v) is 0.245. The van der Waals surface area contributed by atoms with Gasteiger partial charge in [0, 0.05) is 20.4 Å². The largest absolute Gasteiger partial charge is 0.324 e. The van der Waals surface area contributed by atoms with Crippen molar-refractivity contribution in [3.8, 4) is 0 Å². The van der Waals surface area contributed by atoms with Gasteiger partial charge in [0.1, 0.15) is 0 Å². The standard InChI is InChI=1S/HO2P.Re/c1-3-2;/h(H,1,2);. The monoisotopic (exact) mass is 251 g/mol. The van der Waals surface area contributed by atoms with Crippen molar-refractivity contribution < 1.29 is 29.9 Å². The van der Waals surface area contributed by atoms with Gasteiger partial charge in [0.2, 0.25) is 0 Å². The van der Waals surface area contributed by atoms with Crippen LogP contribution in [0.2, 0.25) is 0 Å². The Bertz CT molecular complexity index is 13.5. The topological polar surface area (TPSA) is 37.3 Å². The van der Waals surface area contributed by atoms with Crippen LogP contribution in [0.5, 0.6) is 0 Å². The molecule has 0 aliphatic carbocycles. The van der Waals surface area contributed by atoms with Crippen LogP contribution in [0.4, 0.5) is 0 Å². The van der Waals surface area contributed by atoms with Gasteiger partial charge in [0.05, 0.1) is 0 Å². The van der Waals surface area contributed by atoms with Crippen LogP contribution in [0.3, 0.4) is 0 Å². The summed E-state index contributed by atoms with van der Waals surface area (Å²) < 4.78 is 8.46. The molecule has 1 radical (unpaired) electrons. The van der Waals surface area contributed by atoms with E-state index >= 15 is 0 Å². The number of rotatable bonds is 0. The molecule has 0 aromatic heterocycles. The van der Waals surface area contributed by atoms with Crippen molar-refractivity contribution in [1.82, 2.24) is 0 Å². The molecule has 0 amide bonds. The van der Waals surface area contributed by atoms with E-state index in [1.165, 1.54) is 0 Å². The molecular formula is HO2PRe. The Hall–Kier alpha value is 0.722. The van der Waals surface area contributed by atoms with Crippen molar-refractivity contribution in [3.05, 3.63) is 0 Å². The molecule has 2 nitrogen and oxygen atoms in total. The van der Waals surface area contributed by atoms with Gasteiger partial charge in [-0.2, -0.15) is 0 Å². The molecule has 0 saturated heterocycles. The van der Waals surface area contributed by atoms with Crippen molar-refractivity contribution in [3.63, 3.8) is 0 Å². The molecular weight excluding hydrogens is 249 g/mol. The van der Waals surface area contributed by atoms with Crippen molar-refractivity contribution in [2.24, 2.45) is 0 Å². The fraction of sp³-hybridized carbons (Fsp3) is 0. The molecule has 25 valence electrons. The summed E-state index contributed by atoms with van der Waals surface area (Å²) in [6.07, 6.45) is 0. The average Bonchev–Trinajstić information content (AvgIpc) is 0.918. The number of hydrogen-bond donors (Lipinski definition) is 1. The normalized spacial score (nSPS) is 5.25. The summed E-state index contributed by atoms with van der Waals surface area (Å²) in [6, 6.07) is 0. The maximum Gasteiger partial charge on any atom is 0.324 e. The van der Waals surface area contributed by atoms with E-state index in [-0.39, 0.29) is 20.4 Å². The molecule has 0 rings (SSSR count). The molecule has 0 spiro atoms. The molecule has 4 heteroatoms. The zero-order valence-electron chi connectivity index (χ0n) is 1.68. The molecule has 0 fully saturated rings. The van der Waals surface area contributed by atoms with Gasteiger partial charge in [-0.1, -0.05) is 0 Å². The van der Waals surface area contributed by atoms with Gasteiger partial charge in [-0.3, -0.25) is 0 Å². The van der Waals surface area contributed by atoms with Gasteiger partial charge in [-0.25, -0.2) is 4.57 Å². The van der Waals surface area contributed by atoms with E-state index < -0.39 is 8.69 Å². The summed E-state index contributed by atoms with van der Waals surface area (Å²) in [5, 5.41) is 0. The maximum absolute atomic E-state index is 8.46. The predicted octanol–water partition coefficient (Wildman–Crippen LogP) is 0.183. The Morgan fingerprint density at radius 1 is 1.75 bits per heavy atom. The smallest absolute Gasteiger partial charge is 0.310 e. The summed E-state index contributed by atoms with van der Waals surface area (Å²) in [4.78, 5) is 6.99. The van der Waals surface area contributed by atoms with E-state index in [4.69, 9.17) is 9.46 Å². The third-order valence-corrected chi connectivity index (χ3v) is 0. The fourth-order valence-electron chi connectivity index (χ4n) is 0. The summed E-state index contributed by atoms with van der Waals surface area (Å²) in [5.74, 6) is 0. The summed E-state index contributed by atoms with van der Waals surface area (Å²) in [5.41, 5.74) is 0. The summed E-state index contributed by atoms with van der Waals surface area (Å²) in [7, 11) is -0.833. The van der Waals surface area contributed by atoms with Crippen LogP contribution >= 0.6 is 8.69 Å². The molecule has 0 unspecified atom stereocenters. The van der Waals surface area contributed by atoms with Crippen LogP contribution in [-0.4, -0.2) is 4.89 Å². The summed E-state index contributed by atoms with van der Waals surface area (Å²) >= 11 is 0. The third kappa shape index (κ3) is 15.5. The minimum Gasteiger partial charge on any atom is -0.310 e. The van der Waals surface area contributed by atoms with E-state index in [2.05, 4.69) is 0 Å². The molecule has 0 aromatic rings. The maximum atomic E-state index is 8.46. The molecule has 0 saturated carbocycles. The van der Waals surface area contributed by atoms with Crippen LogP contribution in [-0.2, 0) is 25.0 Å². The van der Waals surface area contributed by atoms with E-state index in [0.29, 0.717) is 0 Å². The quantitative estimate of drug-likeness (QED) is 0.623. The Labute approximate surface area is 39.2 Å². The van der Waals surface area contributed by atoms with E-state index in [0.717, 1.165) is 0 Å². The van der Waals surface area contributed by atoms with Crippen molar-refractivity contribution in [1.29, 1.82) is 0 Å². The van der Waals surface area contributed by atoms with E-state index in [9.17, 15) is 0 Å². The molecule has 0 bridgehead atoms. The zero-order valence-corrected chi connectivity index (χ0v) is 5.29. The van der Waals surface area contributed by atoms with Gasteiger partial charge in [0.15, 0.2) is 0 Å². The first-order valence-corrected chi connectivity index (χ1v) is 1.15. The van der Waals surface area contributed by atoms with Crippen molar-refractivity contribution >= 4 is 8.69 Å². The molecule has 0 aliphatic rings. The second kappa shape index (κ2) is 9.30. The Kier molecular flexibility index (Phi) is 20.5. The van der Waals surface area contributed by atoms with Crippen LogP contribution in [0.15, 0.2) is 0 Å². The average molecular weight is 250 g/mol. The van der Waals surface area contributed by atoms with Crippen molar-refractivity contribution in [2.45, 2.75) is 0 Å². The minimum absolute atomic E-state index is 0. The van der Waals surface area contributed by atoms with E-state index in [1.54, 1.807) is 0 Å². The van der Waals surface area contributed by atoms with Crippen LogP contribution in [0, 0.1) is 0 Å². The van der Waals surface area contributed by atoms with Gasteiger partial charge in [-0.05, 0) is 0 Å². The van der Waals surface area contributed by atoms with E-state index in [1.807, 2.05) is 0 Å². The SMILES string of the molecule is O=PO.[Re]. The first kappa shape index (κ1) is 8.83. The molecule has 4 heavy (non-hydrogen) atoms. The third-order valence-electron chi connectivity index (χ3n) is 0. The van der Waals surface area contributed by atoms with Crippen LogP contribution < -0.4 is 0 Å². The molecule has 0 atom stereocenters. The van der Waals surface area contributed by atoms with Gasteiger partial charge < -0.3 is 4.89 Å². The van der Waals surface area contributed by atoms with Gasteiger partial charge in [-0.15, -0.1) is 0 Å². The zero-order chi connectivity index (χ0) is 2.71. The molecule has 0 aliphatic heterocycles. The fourth-order valence-corrected chi connectivity index (χ4v) is 0. The van der Waals surface area contributed by atoms with Crippen LogP contribution in [0.1, 0.15) is 0 Å². The number of hydrogen-bond acceptors (Lipinski definition) is 1. The van der Waals surface area contributed by atoms with Gasteiger partial charge >= 0.3 is 8.69 Å². The molecule has 1 N–H and O–H groups in total. The Balaban J connectivity index is 0.